The van der Waals surface area contributed by atoms with Crippen LogP contribution in [0, 0.1) is 22.5 Å². The molecule has 1 amide bonds. The molecule has 1 aromatic rings. The van der Waals surface area contributed by atoms with E-state index in [2.05, 4.69) is 4.90 Å². The maximum atomic E-state index is 11.7. The molecular formula is C15H19N3O3. The van der Waals surface area contributed by atoms with E-state index in [4.69, 9.17) is 5.73 Å². The van der Waals surface area contributed by atoms with Crippen molar-refractivity contribution in [3.63, 3.8) is 0 Å². The molecular weight excluding hydrogens is 270 g/mol. The maximum Gasteiger partial charge on any atom is 0.274 e. The molecule has 21 heavy (non-hydrogen) atoms. The van der Waals surface area contributed by atoms with Gasteiger partial charge in [0.25, 0.3) is 11.6 Å². The number of carbonyl (C=O) groups excluding carboxylic acids is 1. The topological polar surface area (TPSA) is 89.5 Å². The second-order valence-electron chi connectivity index (χ2n) is 6.26. The fourth-order valence-electron chi connectivity index (χ4n) is 3.24. The molecule has 1 heterocycles. The van der Waals surface area contributed by atoms with E-state index in [0.29, 0.717) is 22.2 Å². The minimum Gasteiger partial charge on any atom is -0.371 e. The van der Waals surface area contributed by atoms with Crippen molar-refractivity contribution in [3.05, 3.63) is 33.4 Å². The van der Waals surface area contributed by atoms with Crippen LogP contribution in [0.5, 0.6) is 0 Å². The van der Waals surface area contributed by atoms with Gasteiger partial charge in [-0.3, -0.25) is 14.9 Å². The number of amides is 1. The van der Waals surface area contributed by atoms with Crippen LogP contribution in [-0.2, 0) is 0 Å². The summed E-state index contributed by atoms with van der Waals surface area (Å²) < 4.78 is 0. The first-order valence-electron chi connectivity index (χ1n) is 7.26. The van der Waals surface area contributed by atoms with Crippen LogP contribution in [0.25, 0.3) is 0 Å². The van der Waals surface area contributed by atoms with Gasteiger partial charge >= 0.3 is 0 Å². The van der Waals surface area contributed by atoms with Gasteiger partial charge in [0.15, 0.2) is 0 Å². The van der Waals surface area contributed by atoms with Gasteiger partial charge in [0.05, 0.1) is 16.2 Å². The average Bonchev–Trinajstić information content (AvgIpc) is 3.18. The van der Waals surface area contributed by atoms with Crippen LogP contribution >= 0.6 is 0 Å². The van der Waals surface area contributed by atoms with E-state index in [0.717, 1.165) is 25.9 Å². The average molecular weight is 289 g/mol. The third-order valence-corrected chi connectivity index (χ3v) is 4.90. The molecule has 6 nitrogen and oxygen atoms in total. The van der Waals surface area contributed by atoms with E-state index >= 15 is 0 Å². The SMILES string of the molecule is Cc1cc(C(N)=O)c(N2CCC3(CC2)CC3)cc1[N+](=O)[O-]. The minimum absolute atomic E-state index is 0.0432. The smallest absolute Gasteiger partial charge is 0.274 e. The summed E-state index contributed by atoms with van der Waals surface area (Å²) in [6, 6.07) is 3.04. The second-order valence-corrected chi connectivity index (χ2v) is 6.26. The molecule has 1 saturated heterocycles. The zero-order valence-corrected chi connectivity index (χ0v) is 12.1. The lowest BCUT2D eigenvalue weighted by Crippen LogP contribution is -2.35. The van der Waals surface area contributed by atoms with Crippen molar-refractivity contribution in [1.82, 2.24) is 0 Å². The number of primary amides is 1. The Labute approximate surface area is 123 Å². The van der Waals surface area contributed by atoms with Gasteiger partial charge in [0.1, 0.15) is 0 Å². The van der Waals surface area contributed by atoms with Crippen molar-refractivity contribution in [2.24, 2.45) is 11.1 Å². The molecule has 2 N–H and O–H groups in total. The zero-order valence-electron chi connectivity index (χ0n) is 12.1. The predicted octanol–water partition coefficient (Wildman–Crippen LogP) is 2.38. The Morgan fingerprint density at radius 2 is 1.90 bits per heavy atom. The molecule has 112 valence electrons. The van der Waals surface area contributed by atoms with Gasteiger partial charge in [0.2, 0.25) is 0 Å². The van der Waals surface area contributed by atoms with Gasteiger partial charge in [-0.15, -0.1) is 0 Å². The molecule has 1 spiro atoms. The number of nitrogens with two attached hydrogens (primary N) is 1. The van der Waals surface area contributed by atoms with Gasteiger partial charge in [-0.1, -0.05) is 0 Å². The first-order chi connectivity index (χ1) is 9.92. The summed E-state index contributed by atoms with van der Waals surface area (Å²) in [5.41, 5.74) is 7.46. The zero-order chi connectivity index (χ0) is 15.2. The van der Waals surface area contributed by atoms with Crippen molar-refractivity contribution in [1.29, 1.82) is 0 Å². The summed E-state index contributed by atoms with van der Waals surface area (Å²) in [5, 5.41) is 11.1. The largest absolute Gasteiger partial charge is 0.371 e. The molecule has 2 aliphatic rings. The molecule has 6 heteroatoms. The first kappa shape index (κ1) is 13.9. The van der Waals surface area contributed by atoms with Gasteiger partial charge in [-0.05, 0) is 44.1 Å². The van der Waals surface area contributed by atoms with Crippen LogP contribution in [0.1, 0.15) is 41.6 Å². The third kappa shape index (κ3) is 2.46. The summed E-state index contributed by atoms with van der Waals surface area (Å²) in [5.74, 6) is -0.533. The molecule has 1 aliphatic heterocycles. The number of rotatable bonds is 3. The van der Waals surface area contributed by atoms with Crippen molar-refractivity contribution in [2.75, 3.05) is 18.0 Å². The molecule has 0 aromatic heterocycles. The first-order valence-corrected chi connectivity index (χ1v) is 7.26. The number of hydrogen-bond acceptors (Lipinski definition) is 4. The van der Waals surface area contributed by atoms with E-state index < -0.39 is 10.8 Å². The number of hydrogen-bond donors (Lipinski definition) is 1. The number of nitrogens with zero attached hydrogens (tertiary/aromatic N) is 2. The Kier molecular flexibility index (Phi) is 3.11. The lowest BCUT2D eigenvalue weighted by Gasteiger charge is -2.34. The summed E-state index contributed by atoms with van der Waals surface area (Å²) in [6.07, 6.45) is 4.76. The minimum atomic E-state index is -0.533. The van der Waals surface area contributed by atoms with Gasteiger partial charge in [-0.25, -0.2) is 0 Å². The van der Waals surface area contributed by atoms with Crippen molar-refractivity contribution in [2.45, 2.75) is 32.6 Å². The highest BCUT2D eigenvalue weighted by atomic mass is 16.6. The number of nitro groups is 1. The lowest BCUT2D eigenvalue weighted by molar-refractivity contribution is -0.385. The van der Waals surface area contributed by atoms with Crippen molar-refractivity contribution < 1.29 is 9.72 Å². The molecule has 1 saturated carbocycles. The second kappa shape index (κ2) is 4.72. The fraction of sp³-hybridized carbons (Fsp3) is 0.533. The third-order valence-electron chi connectivity index (χ3n) is 4.90. The molecule has 2 fully saturated rings. The normalized spacial score (nSPS) is 19.6. The lowest BCUT2D eigenvalue weighted by atomic mass is 9.92. The van der Waals surface area contributed by atoms with E-state index in [1.54, 1.807) is 6.92 Å². The number of piperidine rings is 1. The number of anilines is 1. The van der Waals surface area contributed by atoms with Crippen LogP contribution in [0.15, 0.2) is 12.1 Å². The molecule has 1 aliphatic carbocycles. The van der Waals surface area contributed by atoms with Crippen LogP contribution in [-0.4, -0.2) is 23.9 Å². The summed E-state index contributed by atoms with van der Waals surface area (Å²) in [7, 11) is 0. The Bertz CT molecular complexity index is 613. The van der Waals surface area contributed by atoms with Crippen LogP contribution in [0.3, 0.4) is 0 Å². The molecule has 3 rings (SSSR count). The molecule has 0 bridgehead atoms. The van der Waals surface area contributed by atoms with E-state index in [1.165, 1.54) is 25.0 Å². The quantitative estimate of drug-likeness (QED) is 0.683. The molecule has 0 radical (unpaired) electrons. The Morgan fingerprint density at radius 3 is 2.38 bits per heavy atom. The van der Waals surface area contributed by atoms with Gasteiger partial charge in [0, 0.05) is 24.7 Å². The van der Waals surface area contributed by atoms with E-state index in [9.17, 15) is 14.9 Å². The van der Waals surface area contributed by atoms with Crippen LogP contribution < -0.4 is 10.6 Å². The summed E-state index contributed by atoms with van der Waals surface area (Å²) >= 11 is 0. The van der Waals surface area contributed by atoms with Gasteiger partial charge < -0.3 is 10.6 Å². The van der Waals surface area contributed by atoms with Crippen molar-refractivity contribution >= 4 is 17.3 Å². The Morgan fingerprint density at radius 1 is 1.29 bits per heavy atom. The number of carbonyl (C=O) groups is 1. The van der Waals surface area contributed by atoms with Crippen molar-refractivity contribution in [3.8, 4) is 0 Å². The number of aryl methyl sites for hydroxylation is 1. The van der Waals surface area contributed by atoms with Gasteiger partial charge in [-0.2, -0.15) is 0 Å². The standard InChI is InChI=1S/C15H19N3O3/c1-10-8-11(14(16)19)13(9-12(10)18(20)21)17-6-4-15(2-3-15)5-7-17/h8-9H,2-7H2,1H3,(H2,16,19). The Balaban J connectivity index is 1.96. The van der Waals surface area contributed by atoms with E-state index in [1.807, 2.05) is 0 Å². The van der Waals surface area contributed by atoms with Crippen LogP contribution in [0.2, 0.25) is 0 Å². The monoisotopic (exact) mass is 289 g/mol. The van der Waals surface area contributed by atoms with Crippen LogP contribution in [0.4, 0.5) is 11.4 Å². The molecule has 0 atom stereocenters. The highest BCUT2D eigenvalue weighted by molar-refractivity contribution is 5.99. The highest BCUT2D eigenvalue weighted by Crippen LogP contribution is 2.54. The Hall–Kier alpha value is -2.11. The summed E-state index contributed by atoms with van der Waals surface area (Å²) in [6.45, 7) is 3.30. The number of nitro benzene ring substituents is 1. The highest BCUT2D eigenvalue weighted by Gasteiger charge is 2.44. The maximum absolute atomic E-state index is 11.7. The molecule has 1 aromatic carbocycles. The van der Waals surface area contributed by atoms with E-state index in [-0.39, 0.29) is 5.69 Å². The summed E-state index contributed by atoms with van der Waals surface area (Å²) in [4.78, 5) is 24.4. The predicted molar refractivity (Wildman–Crippen MR) is 79.5 cm³/mol. The molecule has 0 unspecified atom stereocenters. The fourth-order valence-corrected chi connectivity index (χ4v) is 3.24. The number of benzene rings is 1.